The molecule has 0 aromatic carbocycles. The Labute approximate surface area is 138 Å². The van der Waals surface area contributed by atoms with Crippen molar-refractivity contribution in [3.8, 4) is 0 Å². The fraction of sp³-hybridized carbons (Fsp3) is 0.824. The van der Waals surface area contributed by atoms with Gasteiger partial charge in [-0.1, -0.05) is 6.92 Å². The Hall–Kier alpha value is -0.490. The molecule has 2 atom stereocenters. The number of methoxy groups -OCH3 is 1. The molecule has 0 amide bonds. The molecular formula is C17H29N3OS. The summed E-state index contributed by atoms with van der Waals surface area (Å²) >= 11 is 1.94. The van der Waals surface area contributed by atoms with Gasteiger partial charge in [-0.05, 0) is 45.1 Å². The van der Waals surface area contributed by atoms with Crippen molar-refractivity contribution in [2.45, 2.75) is 57.5 Å². The van der Waals surface area contributed by atoms with E-state index in [0.29, 0.717) is 12.1 Å². The van der Waals surface area contributed by atoms with Crippen molar-refractivity contribution in [3.63, 3.8) is 0 Å². The fourth-order valence-electron chi connectivity index (χ4n) is 3.68. The number of rotatable bonds is 6. The van der Waals surface area contributed by atoms with Crippen LogP contribution in [0.5, 0.6) is 0 Å². The molecule has 1 aromatic rings. The molecule has 2 heterocycles. The van der Waals surface area contributed by atoms with Crippen molar-refractivity contribution in [3.05, 3.63) is 15.6 Å². The summed E-state index contributed by atoms with van der Waals surface area (Å²) in [6, 6.07) is 1.16. The number of likely N-dealkylation sites (tertiary alicyclic amines) is 1. The minimum absolute atomic E-state index is 0.536. The predicted octanol–water partition coefficient (Wildman–Crippen LogP) is 2.78. The van der Waals surface area contributed by atoms with Gasteiger partial charge in [0.15, 0.2) is 0 Å². The maximum absolute atomic E-state index is 5.22. The highest BCUT2D eigenvalue weighted by Gasteiger charge is 2.28. The van der Waals surface area contributed by atoms with Crippen LogP contribution in [0.3, 0.4) is 0 Å². The molecule has 124 valence electrons. The van der Waals surface area contributed by atoms with Gasteiger partial charge in [0.25, 0.3) is 0 Å². The van der Waals surface area contributed by atoms with Gasteiger partial charge in [0, 0.05) is 37.2 Å². The Kier molecular flexibility index (Phi) is 5.85. The van der Waals surface area contributed by atoms with Gasteiger partial charge >= 0.3 is 0 Å². The molecule has 0 unspecified atom stereocenters. The zero-order valence-electron chi connectivity index (χ0n) is 13.9. The number of piperidine rings is 1. The molecule has 0 radical (unpaired) electrons. The van der Waals surface area contributed by atoms with E-state index in [4.69, 9.17) is 9.72 Å². The van der Waals surface area contributed by atoms with Gasteiger partial charge < -0.3 is 10.1 Å². The molecule has 22 heavy (non-hydrogen) atoms. The lowest BCUT2D eigenvalue weighted by Crippen LogP contribution is -2.47. The molecule has 1 saturated heterocycles. The first-order valence-electron chi connectivity index (χ1n) is 8.76. The monoisotopic (exact) mass is 323 g/mol. The van der Waals surface area contributed by atoms with Crippen LogP contribution in [0.25, 0.3) is 0 Å². The van der Waals surface area contributed by atoms with Crippen molar-refractivity contribution >= 4 is 11.3 Å². The van der Waals surface area contributed by atoms with E-state index in [-0.39, 0.29) is 0 Å². The number of nitrogens with zero attached hydrogens (tertiary/aromatic N) is 2. The van der Waals surface area contributed by atoms with Crippen molar-refractivity contribution in [2.24, 2.45) is 0 Å². The summed E-state index contributed by atoms with van der Waals surface area (Å²) in [6.45, 7) is 6.49. The first kappa shape index (κ1) is 16.4. The summed E-state index contributed by atoms with van der Waals surface area (Å²) in [5, 5.41) is 5.26. The second kappa shape index (κ2) is 7.86. The summed E-state index contributed by atoms with van der Waals surface area (Å²) in [5.41, 5.74) is 1.37. The molecule has 0 bridgehead atoms. The molecule has 1 fully saturated rings. The molecule has 2 aliphatic rings. The lowest BCUT2D eigenvalue weighted by molar-refractivity contribution is 0.119. The predicted molar refractivity (Wildman–Crippen MR) is 91.6 cm³/mol. The van der Waals surface area contributed by atoms with Gasteiger partial charge in [-0.15, -0.1) is 11.3 Å². The molecule has 1 aromatic heterocycles. The van der Waals surface area contributed by atoms with E-state index < -0.39 is 0 Å². The Bertz CT molecular complexity index is 476. The molecule has 0 saturated carbocycles. The number of hydrogen-bond acceptors (Lipinski definition) is 5. The maximum Gasteiger partial charge on any atom is 0.0928 e. The van der Waals surface area contributed by atoms with E-state index in [1.165, 1.54) is 54.2 Å². The van der Waals surface area contributed by atoms with Crippen molar-refractivity contribution < 1.29 is 4.74 Å². The molecular weight excluding hydrogens is 294 g/mol. The topological polar surface area (TPSA) is 37.4 Å². The van der Waals surface area contributed by atoms with Crippen LogP contribution in [-0.2, 0) is 17.6 Å². The lowest BCUT2D eigenvalue weighted by atomic mass is 9.96. The van der Waals surface area contributed by atoms with E-state index >= 15 is 0 Å². The Morgan fingerprint density at radius 3 is 3.09 bits per heavy atom. The molecule has 4 nitrogen and oxygen atoms in total. The molecule has 5 heteroatoms. The third-order valence-corrected chi connectivity index (χ3v) is 6.21. The fourth-order valence-corrected chi connectivity index (χ4v) is 4.83. The second-order valence-electron chi connectivity index (χ2n) is 6.52. The van der Waals surface area contributed by atoms with E-state index in [9.17, 15) is 0 Å². The highest BCUT2D eigenvalue weighted by atomic mass is 32.1. The van der Waals surface area contributed by atoms with Gasteiger partial charge in [0.2, 0.25) is 0 Å². The summed E-state index contributed by atoms with van der Waals surface area (Å²) in [7, 11) is 1.79. The normalized spacial score (nSPS) is 26.1. The number of nitrogens with one attached hydrogen (secondary N) is 1. The molecule has 1 N–H and O–H groups in total. The zero-order valence-corrected chi connectivity index (χ0v) is 14.8. The average Bonchev–Trinajstić information content (AvgIpc) is 2.98. The summed E-state index contributed by atoms with van der Waals surface area (Å²) in [6.07, 6.45) is 7.39. The van der Waals surface area contributed by atoms with Gasteiger partial charge in [-0.2, -0.15) is 0 Å². The van der Waals surface area contributed by atoms with Crippen LogP contribution in [0.1, 0.15) is 54.2 Å². The number of ether oxygens (including phenoxy) is 1. The Morgan fingerprint density at radius 1 is 1.36 bits per heavy atom. The summed E-state index contributed by atoms with van der Waals surface area (Å²) < 4.78 is 5.22. The van der Waals surface area contributed by atoms with Crippen molar-refractivity contribution in [2.75, 3.05) is 33.4 Å². The minimum atomic E-state index is 0.536. The van der Waals surface area contributed by atoms with Crippen LogP contribution in [0.2, 0.25) is 0 Å². The van der Waals surface area contributed by atoms with Crippen LogP contribution < -0.4 is 5.32 Å². The van der Waals surface area contributed by atoms with Crippen molar-refractivity contribution in [1.29, 1.82) is 0 Å². The second-order valence-corrected chi connectivity index (χ2v) is 7.63. The molecule has 1 aliphatic heterocycles. The molecule has 3 rings (SSSR count). The van der Waals surface area contributed by atoms with Crippen LogP contribution in [0.15, 0.2) is 0 Å². The molecule has 1 aliphatic carbocycles. The SMILES string of the molecule is CCc1nc2c(s1)[C@@H](N[C@@H]1CCCN(CCOC)C1)CCC2. The Morgan fingerprint density at radius 2 is 2.27 bits per heavy atom. The van der Waals surface area contributed by atoms with Crippen LogP contribution in [-0.4, -0.2) is 49.3 Å². The van der Waals surface area contributed by atoms with E-state index in [0.717, 1.165) is 26.1 Å². The minimum Gasteiger partial charge on any atom is -0.383 e. The zero-order chi connectivity index (χ0) is 15.4. The highest BCUT2D eigenvalue weighted by molar-refractivity contribution is 7.11. The van der Waals surface area contributed by atoms with Gasteiger partial charge in [-0.25, -0.2) is 4.98 Å². The first-order valence-corrected chi connectivity index (χ1v) is 9.57. The summed E-state index contributed by atoms with van der Waals surface area (Å²) in [5.74, 6) is 0. The van der Waals surface area contributed by atoms with Crippen LogP contribution in [0, 0.1) is 0 Å². The molecule has 0 spiro atoms. The number of fused-ring (bicyclic) bond motifs is 1. The van der Waals surface area contributed by atoms with Gasteiger partial charge in [0.1, 0.15) is 0 Å². The van der Waals surface area contributed by atoms with E-state index in [1.54, 1.807) is 7.11 Å². The third kappa shape index (κ3) is 3.88. The third-order valence-electron chi connectivity index (χ3n) is 4.85. The smallest absolute Gasteiger partial charge is 0.0928 e. The maximum atomic E-state index is 5.22. The highest BCUT2D eigenvalue weighted by Crippen LogP contribution is 2.35. The number of aromatic nitrogens is 1. The van der Waals surface area contributed by atoms with E-state index in [2.05, 4.69) is 17.1 Å². The average molecular weight is 324 g/mol. The number of thiazole rings is 1. The number of hydrogen-bond donors (Lipinski definition) is 1. The Balaban J connectivity index is 1.60. The largest absolute Gasteiger partial charge is 0.383 e. The number of aryl methyl sites for hydroxylation is 2. The van der Waals surface area contributed by atoms with Crippen LogP contribution in [0.4, 0.5) is 0 Å². The lowest BCUT2D eigenvalue weighted by Gasteiger charge is -2.36. The standard InChI is InChI=1S/C17H29N3OS/c1-3-16-19-15-8-4-7-14(17(15)22-16)18-13-6-5-9-20(12-13)10-11-21-2/h13-14,18H,3-12H2,1-2H3/t13-,14+/m1/s1. The van der Waals surface area contributed by atoms with Crippen molar-refractivity contribution in [1.82, 2.24) is 15.2 Å². The van der Waals surface area contributed by atoms with Crippen LogP contribution >= 0.6 is 11.3 Å². The first-order chi connectivity index (χ1) is 10.8. The quantitative estimate of drug-likeness (QED) is 0.873. The summed E-state index contributed by atoms with van der Waals surface area (Å²) in [4.78, 5) is 8.88. The van der Waals surface area contributed by atoms with E-state index in [1.807, 2.05) is 11.3 Å². The van der Waals surface area contributed by atoms with Gasteiger partial charge in [-0.3, -0.25) is 4.90 Å². The van der Waals surface area contributed by atoms with Gasteiger partial charge in [0.05, 0.1) is 17.3 Å².